The Hall–Kier alpha value is -4.14. The molecular weight excluding hydrogens is 444 g/mol. The van der Waals surface area contributed by atoms with Crippen LogP contribution in [0.25, 0.3) is 22.3 Å². The SMILES string of the molecule is CCOc1ccc2nc(-c3cccc(OCC(=O)NC(C)(C)C)c3)nc(Nc3n[nH]cc3C)c2c1. The highest BCUT2D eigenvalue weighted by atomic mass is 16.5. The van der Waals surface area contributed by atoms with Crippen molar-refractivity contribution in [3.63, 3.8) is 0 Å². The Bertz CT molecular complexity index is 1340. The summed E-state index contributed by atoms with van der Waals surface area (Å²) in [5, 5.41) is 14.2. The van der Waals surface area contributed by atoms with Gasteiger partial charge < -0.3 is 20.1 Å². The van der Waals surface area contributed by atoms with Crippen LogP contribution in [0.15, 0.2) is 48.7 Å². The first-order valence-electron chi connectivity index (χ1n) is 11.5. The smallest absolute Gasteiger partial charge is 0.258 e. The maximum atomic E-state index is 12.1. The van der Waals surface area contributed by atoms with E-state index >= 15 is 0 Å². The molecule has 0 spiro atoms. The van der Waals surface area contributed by atoms with E-state index in [1.807, 2.05) is 77.2 Å². The molecule has 4 rings (SSSR count). The number of nitrogens with zero attached hydrogens (tertiary/aromatic N) is 3. The summed E-state index contributed by atoms with van der Waals surface area (Å²) in [5.74, 6) is 2.91. The van der Waals surface area contributed by atoms with Crippen LogP contribution in [0.2, 0.25) is 0 Å². The van der Waals surface area contributed by atoms with Gasteiger partial charge >= 0.3 is 0 Å². The Morgan fingerprint density at radius 2 is 1.83 bits per heavy atom. The van der Waals surface area contributed by atoms with Crippen molar-refractivity contribution in [1.82, 2.24) is 25.5 Å². The number of benzene rings is 2. The van der Waals surface area contributed by atoms with Crippen LogP contribution in [0.5, 0.6) is 11.5 Å². The number of amides is 1. The molecule has 2 aromatic carbocycles. The van der Waals surface area contributed by atoms with Crippen LogP contribution >= 0.6 is 0 Å². The molecule has 0 radical (unpaired) electrons. The standard InChI is InChI=1S/C26H30N6O3/c1-6-34-19-10-11-21-20(13-19)25(29-23-16(2)14-27-32-23)30-24(28-21)17-8-7-9-18(12-17)35-15-22(33)31-26(3,4)5/h7-14H,6,15H2,1-5H3,(H,31,33)(H2,27,28,29,30,32). The Balaban J connectivity index is 1.67. The zero-order chi connectivity index (χ0) is 25.0. The molecule has 182 valence electrons. The molecule has 9 nitrogen and oxygen atoms in total. The molecule has 2 heterocycles. The van der Waals surface area contributed by atoms with Crippen molar-refractivity contribution < 1.29 is 14.3 Å². The van der Waals surface area contributed by atoms with Crippen LogP contribution in [-0.2, 0) is 4.79 Å². The summed E-state index contributed by atoms with van der Waals surface area (Å²) in [6, 6.07) is 13.1. The van der Waals surface area contributed by atoms with Gasteiger partial charge in [0.1, 0.15) is 17.3 Å². The van der Waals surface area contributed by atoms with Gasteiger partial charge in [0.15, 0.2) is 18.2 Å². The summed E-state index contributed by atoms with van der Waals surface area (Å²) in [7, 11) is 0. The largest absolute Gasteiger partial charge is 0.494 e. The van der Waals surface area contributed by atoms with Gasteiger partial charge in [0, 0.05) is 28.2 Å². The molecule has 1 amide bonds. The number of anilines is 2. The van der Waals surface area contributed by atoms with Crippen molar-refractivity contribution in [1.29, 1.82) is 0 Å². The highest BCUT2D eigenvalue weighted by molar-refractivity contribution is 5.93. The zero-order valence-corrected chi connectivity index (χ0v) is 20.6. The van der Waals surface area contributed by atoms with Crippen LogP contribution in [0.1, 0.15) is 33.3 Å². The molecule has 2 aromatic heterocycles. The molecule has 35 heavy (non-hydrogen) atoms. The summed E-state index contributed by atoms with van der Waals surface area (Å²) in [6.45, 7) is 10.2. The summed E-state index contributed by atoms with van der Waals surface area (Å²) < 4.78 is 11.4. The van der Waals surface area contributed by atoms with Crippen LogP contribution < -0.4 is 20.1 Å². The fourth-order valence-corrected chi connectivity index (χ4v) is 3.51. The van der Waals surface area contributed by atoms with Crippen LogP contribution in [0.4, 0.5) is 11.6 Å². The number of aryl methyl sites for hydroxylation is 1. The van der Waals surface area contributed by atoms with Crippen molar-refractivity contribution >= 4 is 28.4 Å². The Labute approximate surface area is 204 Å². The number of carbonyl (C=O) groups excluding carboxylic acids is 1. The van der Waals surface area contributed by atoms with E-state index in [0.29, 0.717) is 29.8 Å². The highest BCUT2D eigenvalue weighted by Crippen LogP contribution is 2.31. The van der Waals surface area contributed by atoms with Crippen molar-refractivity contribution in [3.8, 4) is 22.9 Å². The van der Waals surface area contributed by atoms with Gasteiger partial charge in [-0.2, -0.15) is 5.10 Å². The number of fused-ring (bicyclic) bond motifs is 1. The molecule has 0 aliphatic heterocycles. The average Bonchev–Trinajstić information content (AvgIpc) is 3.21. The monoisotopic (exact) mass is 474 g/mol. The lowest BCUT2D eigenvalue weighted by atomic mass is 10.1. The van der Waals surface area contributed by atoms with E-state index in [0.717, 1.165) is 27.8 Å². The molecule has 3 N–H and O–H groups in total. The number of hydrogen-bond acceptors (Lipinski definition) is 7. The quantitative estimate of drug-likeness (QED) is 0.337. The predicted molar refractivity (Wildman–Crippen MR) is 136 cm³/mol. The molecule has 0 saturated heterocycles. The molecule has 0 aliphatic carbocycles. The number of rotatable bonds is 8. The zero-order valence-electron chi connectivity index (χ0n) is 20.6. The highest BCUT2D eigenvalue weighted by Gasteiger charge is 2.16. The maximum Gasteiger partial charge on any atom is 0.258 e. The van der Waals surface area contributed by atoms with Gasteiger partial charge in [0.2, 0.25) is 0 Å². The molecule has 0 unspecified atom stereocenters. The minimum absolute atomic E-state index is 0.0786. The number of aromatic amines is 1. The van der Waals surface area contributed by atoms with E-state index < -0.39 is 0 Å². The van der Waals surface area contributed by atoms with Crippen molar-refractivity contribution in [2.75, 3.05) is 18.5 Å². The van der Waals surface area contributed by atoms with Gasteiger partial charge in [-0.25, -0.2) is 9.97 Å². The number of hydrogen-bond donors (Lipinski definition) is 3. The first-order chi connectivity index (χ1) is 16.7. The topological polar surface area (TPSA) is 114 Å². The molecule has 0 bridgehead atoms. The minimum atomic E-state index is -0.320. The fraction of sp³-hybridized carbons (Fsp3) is 0.308. The van der Waals surface area contributed by atoms with E-state index in [2.05, 4.69) is 20.8 Å². The van der Waals surface area contributed by atoms with E-state index in [4.69, 9.17) is 19.4 Å². The van der Waals surface area contributed by atoms with Crippen LogP contribution in [0.3, 0.4) is 0 Å². The normalized spacial score (nSPS) is 11.3. The molecule has 0 fully saturated rings. The van der Waals surface area contributed by atoms with Crippen molar-refractivity contribution in [2.24, 2.45) is 0 Å². The molecular formula is C26H30N6O3. The molecule has 9 heteroatoms. The second-order valence-corrected chi connectivity index (χ2v) is 9.16. The van der Waals surface area contributed by atoms with Gasteiger partial charge in [0.05, 0.1) is 12.1 Å². The van der Waals surface area contributed by atoms with Gasteiger partial charge in [-0.15, -0.1) is 0 Å². The van der Waals surface area contributed by atoms with E-state index in [1.54, 1.807) is 6.07 Å². The number of H-pyrrole nitrogens is 1. The van der Waals surface area contributed by atoms with Crippen molar-refractivity contribution in [2.45, 2.75) is 40.2 Å². The van der Waals surface area contributed by atoms with Gasteiger partial charge in [0.25, 0.3) is 5.91 Å². The Morgan fingerprint density at radius 3 is 2.54 bits per heavy atom. The predicted octanol–water partition coefficient (Wildman–Crippen LogP) is 4.76. The third-order valence-electron chi connectivity index (χ3n) is 5.02. The number of nitrogens with one attached hydrogen (secondary N) is 3. The van der Waals surface area contributed by atoms with Gasteiger partial charge in [-0.05, 0) is 65.0 Å². The van der Waals surface area contributed by atoms with Crippen LogP contribution in [-0.4, -0.2) is 44.8 Å². The second-order valence-electron chi connectivity index (χ2n) is 9.16. The summed E-state index contributed by atoms with van der Waals surface area (Å²) >= 11 is 0. The maximum absolute atomic E-state index is 12.1. The van der Waals surface area contributed by atoms with E-state index in [-0.39, 0.29) is 18.1 Å². The first-order valence-corrected chi connectivity index (χ1v) is 11.5. The number of ether oxygens (including phenoxy) is 2. The average molecular weight is 475 g/mol. The third kappa shape index (κ3) is 6.06. The van der Waals surface area contributed by atoms with E-state index in [9.17, 15) is 4.79 Å². The lowest BCUT2D eigenvalue weighted by molar-refractivity contribution is -0.124. The summed E-state index contributed by atoms with van der Waals surface area (Å²) in [4.78, 5) is 21.7. The summed E-state index contributed by atoms with van der Waals surface area (Å²) in [5.41, 5.74) is 2.16. The molecule has 0 atom stereocenters. The van der Waals surface area contributed by atoms with Crippen LogP contribution in [0, 0.1) is 6.92 Å². The van der Waals surface area contributed by atoms with Crippen molar-refractivity contribution in [3.05, 3.63) is 54.2 Å². The minimum Gasteiger partial charge on any atom is -0.494 e. The lowest BCUT2D eigenvalue weighted by Crippen LogP contribution is -2.43. The van der Waals surface area contributed by atoms with Gasteiger partial charge in [-0.3, -0.25) is 9.89 Å². The van der Waals surface area contributed by atoms with Gasteiger partial charge in [-0.1, -0.05) is 12.1 Å². The summed E-state index contributed by atoms with van der Waals surface area (Å²) in [6.07, 6.45) is 1.81. The number of aromatic nitrogens is 4. The fourth-order valence-electron chi connectivity index (χ4n) is 3.51. The Kier molecular flexibility index (Phi) is 6.86. The third-order valence-corrected chi connectivity index (χ3v) is 5.02. The molecule has 0 saturated carbocycles. The molecule has 0 aliphatic rings. The van der Waals surface area contributed by atoms with E-state index in [1.165, 1.54) is 0 Å². The first kappa shape index (κ1) is 24.0. The second kappa shape index (κ2) is 10.0. The Morgan fingerprint density at radius 1 is 1.03 bits per heavy atom. The number of carbonyl (C=O) groups is 1. The molecule has 4 aromatic rings. The lowest BCUT2D eigenvalue weighted by Gasteiger charge is -2.20.